The quantitative estimate of drug-likeness (QED) is 0.851. The Morgan fingerprint density at radius 1 is 1.55 bits per heavy atom. The Bertz CT molecular complexity index is 495. The lowest BCUT2D eigenvalue weighted by atomic mass is 10.0. The normalized spacial score (nSPS) is 21.8. The molecule has 20 heavy (non-hydrogen) atoms. The third kappa shape index (κ3) is 2.98. The average Bonchev–Trinajstić information content (AvgIpc) is 2.86. The molecule has 1 aromatic rings. The maximum Gasteiger partial charge on any atom is 0.311 e. The summed E-state index contributed by atoms with van der Waals surface area (Å²) in [5.74, 6) is 0.319. The molecule has 2 atom stereocenters. The van der Waals surface area contributed by atoms with Crippen LogP contribution in [0.15, 0.2) is 6.07 Å². The number of carbonyl (C=O) groups is 1. The van der Waals surface area contributed by atoms with E-state index in [1.54, 1.807) is 13.0 Å². The van der Waals surface area contributed by atoms with Crippen LogP contribution < -0.4 is 9.64 Å². The van der Waals surface area contributed by atoms with Crippen LogP contribution >= 0.6 is 0 Å². The van der Waals surface area contributed by atoms with Crippen LogP contribution in [0.25, 0.3) is 0 Å². The molecule has 7 heteroatoms. The van der Waals surface area contributed by atoms with Crippen molar-refractivity contribution in [3.63, 3.8) is 0 Å². The van der Waals surface area contributed by atoms with E-state index >= 15 is 0 Å². The molecule has 0 bridgehead atoms. The molecule has 1 aliphatic rings. The maximum absolute atomic E-state index is 11.2. The van der Waals surface area contributed by atoms with Crippen LogP contribution in [0.3, 0.4) is 0 Å². The van der Waals surface area contributed by atoms with Gasteiger partial charge in [-0.1, -0.05) is 0 Å². The Morgan fingerprint density at radius 2 is 2.30 bits per heavy atom. The van der Waals surface area contributed by atoms with Crippen LogP contribution in [0.4, 0.5) is 5.82 Å². The summed E-state index contributed by atoms with van der Waals surface area (Å²) in [4.78, 5) is 21.6. The number of ether oxygens (including phenoxy) is 2. The molecule has 0 radical (unpaired) electrons. The highest BCUT2D eigenvalue weighted by Gasteiger charge is 2.37. The van der Waals surface area contributed by atoms with Gasteiger partial charge >= 0.3 is 5.97 Å². The Balaban J connectivity index is 2.23. The molecule has 2 rings (SSSR count). The van der Waals surface area contributed by atoms with E-state index in [9.17, 15) is 9.90 Å². The first-order valence-corrected chi connectivity index (χ1v) is 6.54. The van der Waals surface area contributed by atoms with E-state index in [1.165, 1.54) is 0 Å². The lowest BCUT2D eigenvalue weighted by Crippen LogP contribution is -2.41. The van der Waals surface area contributed by atoms with Gasteiger partial charge in [0.15, 0.2) is 0 Å². The third-order valence-electron chi connectivity index (χ3n) is 3.32. The van der Waals surface area contributed by atoms with Gasteiger partial charge in [-0.25, -0.2) is 4.98 Å². The molecule has 1 N–H and O–H groups in total. The van der Waals surface area contributed by atoms with Crippen molar-refractivity contribution in [3.8, 4) is 5.88 Å². The van der Waals surface area contributed by atoms with E-state index in [2.05, 4.69) is 9.97 Å². The van der Waals surface area contributed by atoms with E-state index in [0.29, 0.717) is 30.7 Å². The van der Waals surface area contributed by atoms with Crippen LogP contribution in [0.2, 0.25) is 0 Å². The Hall–Kier alpha value is -1.89. The highest BCUT2D eigenvalue weighted by Crippen LogP contribution is 2.25. The largest absolute Gasteiger partial charge is 0.481 e. The summed E-state index contributed by atoms with van der Waals surface area (Å²) < 4.78 is 10.7. The van der Waals surface area contributed by atoms with Gasteiger partial charge in [-0.05, 0) is 13.8 Å². The zero-order chi connectivity index (χ0) is 14.7. The lowest BCUT2D eigenvalue weighted by molar-refractivity contribution is -0.141. The number of hydrogen-bond donors (Lipinski definition) is 1. The molecule has 0 aromatic carbocycles. The van der Waals surface area contributed by atoms with Gasteiger partial charge in [-0.2, -0.15) is 4.98 Å². The second-order valence-electron chi connectivity index (χ2n) is 4.71. The third-order valence-corrected chi connectivity index (χ3v) is 3.32. The zero-order valence-corrected chi connectivity index (χ0v) is 11.9. The van der Waals surface area contributed by atoms with Crippen LogP contribution in [0.1, 0.15) is 12.7 Å². The van der Waals surface area contributed by atoms with Crippen molar-refractivity contribution in [2.45, 2.75) is 19.9 Å². The van der Waals surface area contributed by atoms with Crippen molar-refractivity contribution in [3.05, 3.63) is 11.9 Å². The van der Waals surface area contributed by atoms with E-state index < -0.39 is 11.9 Å². The fourth-order valence-corrected chi connectivity index (χ4v) is 2.26. The van der Waals surface area contributed by atoms with Crippen molar-refractivity contribution >= 4 is 11.8 Å². The molecule has 0 amide bonds. The smallest absolute Gasteiger partial charge is 0.311 e. The number of carboxylic acids is 1. The SMILES string of the molecule is CCOc1cc(N(C)C2COCC2C(=O)O)nc(C)n1. The van der Waals surface area contributed by atoms with Gasteiger partial charge in [0, 0.05) is 13.1 Å². The zero-order valence-electron chi connectivity index (χ0n) is 11.9. The molecule has 0 aliphatic carbocycles. The summed E-state index contributed by atoms with van der Waals surface area (Å²) in [6.45, 7) is 4.78. The van der Waals surface area contributed by atoms with Crippen LogP contribution in [0.5, 0.6) is 5.88 Å². The molecule has 1 aliphatic heterocycles. The highest BCUT2D eigenvalue weighted by molar-refractivity contribution is 5.72. The summed E-state index contributed by atoms with van der Waals surface area (Å²) in [6, 6.07) is 1.48. The van der Waals surface area contributed by atoms with Crippen molar-refractivity contribution in [2.75, 3.05) is 31.8 Å². The molecular formula is C13H19N3O4. The molecule has 1 fully saturated rings. The molecule has 0 saturated carbocycles. The maximum atomic E-state index is 11.2. The summed E-state index contributed by atoms with van der Waals surface area (Å²) >= 11 is 0. The van der Waals surface area contributed by atoms with E-state index in [4.69, 9.17) is 9.47 Å². The van der Waals surface area contributed by atoms with Crippen LogP contribution in [-0.2, 0) is 9.53 Å². The summed E-state index contributed by atoms with van der Waals surface area (Å²) in [7, 11) is 1.81. The Labute approximate surface area is 117 Å². The monoisotopic (exact) mass is 281 g/mol. The number of nitrogens with zero attached hydrogens (tertiary/aromatic N) is 3. The fourth-order valence-electron chi connectivity index (χ4n) is 2.26. The number of hydrogen-bond acceptors (Lipinski definition) is 6. The second-order valence-corrected chi connectivity index (χ2v) is 4.71. The lowest BCUT2D eigenvalue weighted by Gasteiger charge is -2.27. The van der Waals surface area contributed by atoms with E-state index in [-0.39, 0.29) is 12.6 Å². The van der Waals surface area contributed by atoms with Gasteiger partial charge in [-0.3, -0.25) is 4.79 Å². The molecule has 2 unspecified atom stereocenters. The van der Waals surface area contributed by atoms with Gasteiger partial charge in [0.1, 0.15) is 17.6 Å². The van der Waals surface area contributed by atoms with Gasteiger partial charge in [0.2, 0.25) is 5.88 Å². The first kappa shape index (κ1) is 14.5. The molecule has 7 nitrogen and oxygen atoms in total. The fraction of sp³-hybridized carbons (Fsp3) is 0.615. The van der Waals surface area contributed by atoms with Gasteiger partial charge in [-0.15, -0.1) is 0 Å². The predicted octanol–water partition coefficient (Wildman–Crippen LogP) is 0.720. The minimum atomic E-state index is -0.852. The molecule has 110 valence electrons. The molecule has 1 aromatic heterocycles. The van der Waals surface area contributed by atoms with Gasteiger partial charge < -0.3 is 19.5 Å². The van der Waals surface area contributed by atoms with Crippen molar-refractivity contribution in [1.29, 1.82) is 0 Å². The number of likely N-dealkylation sites (N-methyl/N-ethyl adjacent to an activating group) is 1. The van der Waals surface area contributed by atoms with E-state index in [1.807, 2.05) is 18.9 Å². The molecule has 2 heterocycles. The summed E-state index contributed by atoms with van der Waals surface area (Å²) in [5.41, 5.74) is 0. The number of aryl methyl sites for hydroxylation is 1. The van der Waals surface area contributed by atoms with Crippen LogP contribution in [-0.4, -0.2) is 54.0 Å². The number of aliphatic carboxylic acids is 1. The van der Waals surface area contributed by atoms with E-state index in [0.717, 1.165) is 0 Å². The molecule has 0 spiro atoms. The van der Waals surface area contributed by atoms with Crippen molar-refractivity contribution < 1.29 is 19.4 Å². The first-order chi connectivity index (χ1) is 9.52. The Kier molecular flexibility index (Phi) is 4.39. The molecular weight excluding hydrogens is 262 g/mol. The second kappa shape index (κ2) is 6.04. The number of anilines is 1. The number of aromatic nitrogens is 2. The first-order valence-electron chi connectivity index (χ1n) is 6.54. The topological polar surface area (TPSA) is 84.8 Å². The van der Waals surface area contributed by atoms with Crippen molar-refractivity contribution in [1.82, 2.24) is 9.97 Å². The number of carboxylic acid groups (broad SMARTS) is 1. The minimum Gasteiger partial charge on any atom is -0.481 e. The summed E-state index contributed by atoms with van der Waals surface area (Å²) in [6.07, 6.45) is 0. The van der Waals surface area contributed by atoms with Gasteiger partial charge in [0.25, 0.3) is 0 Å². The highest BCUT2D eigenvalue weighted by atomic mass is 16.5. The number of rotatable bonds is 5. The summed E-state index contributed by atoms with van der Waals surface area (Å²) in [5, 5.41) is 9.21. The standard InChI is InChI=1S/C13H19N3O4/c1-4-20-12-5-11(14-8(2)15-12)16(3)10-7-19-6-9(10)13(17)18/h5,9-10H,4,6-7H2,1-3H3,(H,17,18). The average molecular weight is 281 g/mol. The van der Waals surface area contributed by atoms with Gasteiger partial charge in [0.05, 0.1) is 25.9 Å². The van der Waals surface area contributed by atoms with Crippen LogP contribution in [0, 0.1) is 12.8 Å². The van der Waals surface area contributed by atoms with Crippen molar-refractivity contribution in [2.24, 2.45) is 5.92 Å². The molecule has 1 saturated heterocycles. The minimum absolute atomic E-state index is 0.229. The predicted molar refractivity (Wildman–Crippen MR) is 72.1 cm³/mol. The Morgan fingerprint density at radius 3 is 2.95 bits per heavy atom.